The van der Waals surface area contributed by atoms with Crippen molar-refractivity contribution in [3.8, 4) is 10.6 Å². The Balaban J connectivity index is 1.63. The molecule has 2 aromatic heterocycles. The maximum atomic E-state index is 12.3. The van der Waals surface area contributed by atoms with E-state index in [1.807, 2.05) is 11.4 Å². The SMILES string of the molecule is O=C(O)[C@H]1CCCN(C(=O)Cc2csc(-c3ccoc3)n2)C1. The van der Waals surface area contributed by atoms with Gasteiger partial charge in [-0.05, 0) is 18.9 Å². The van der Waals surface area contributed by atoms with Crippen molar-refractivity contribution in [3.63, 3.8) is 0 Å². The highest BCUT2D eigenvalue weighted by Crippen LogP contribution is 2.24. The van der Waals surface area contributed by atoms with Crippen LogP contribution in [0.2, 0.25) is 0 Å². The lowest BCUT2D eigenvalue weighted by Crippen LogP contribution is -2.43. The summed E-state index contributed by atoms with van der Waals surface area (Å²) in [6.07, 6.45) is 4.79. The summed E-state index contributed by atoms with van der Waals surface area (Å²) in [5.74, 6) is -1.34. The highest BCUT2D eigenvalue weighted by Gasteiger charge is 2.28. The van der Waals surface area contributed by atoms with Gasteiger partial charge < -0.3 is 14.4 Å². The van der Waals surface area contributed by atoms with E-state index in [2.05, 4.69) is 4.98 Å². The molecule has 1 amide bonds. The van der Waals surface area contributed by atoms with Gasteiger partial charge >= 0.3 is 5.97 Å². The highest BCUT2D eigenvalue weighted by molar-refractivity contribution is 7.13. The zero-order valence-corrected chi connectivity index (χ0v) is 12.7. The summed E-state index contributed by atoms with van der Waals surface area (Å²) in [5.41, 5.74) is 1.61. The number of carbonyl (C=O) groups excluding carboxylic acids is 1. The molecule has 116 valence electrons. The molecular weight excluding hydrogens is 304 g/mol. The molecule has 0 saturated carbocycles. The van der Waals surface area contributed by atoms with Crippen LogP contribution >= 0.6 is 11.3 Å². The van der Waals surface area contributed by atoms with Gasteiger partial charge in [0.05, 0.1) is 24.3 Å². The van der Waals surface area contributed by atoms with Crippen LogP contribution in [-0.2, 0) is 16.0 Å². The van der Waals surface area contributed by atoms with Crippen molar-refractivity contribution in [3.05, 3.63) is 29.7 Å². The van der Waals surface area contributed by atoms with E-state index in [1.54, 1.807) is 17.4 Å². The van der Waals surface area contributed by atoms with Crippen LogP contribution in [0.4, 0.5) is 0 Å². The van der Waals surface area contributed by atoms with Crippen LogP contribution in [0, 0.1) is 5.92 Å². The number of likely N-dealkylation sites (tertiary alicyclic amines) is 1. The van der Waals surface area contributed by atoms with Crippen molar-refractivity contribution in [1.82, 2.24) is 9.88 Å². The lowest BCUT2D eigenvalue weighted by Gasteiger charge is -2.30. The summed E-state index contributed by atoms with van der Waals surface area (Å²) >= 11 is 1.47. The third-order valence-corrected chi connectivity index (χ3v) is 4.72. The van der Waals surface area contributed by atoms with E-state index < -0.39 is 11.9 Å². The highest BCUT2D eigenvalue weighted by atomic mass is 32.1. The summed E-state index contributed by atoms with van der Waals surface area (Å²) in [6.45, 7) is 0.925. The molecular formula is C15H16N2O4S. The van der Waals surface area contributed by atoms with Gasteiger partial charge in [0.1, 0.15) is 11.3 Å². The lowest BCUT2D eigenvalue weighted by atomic mass is 9.98. The van der Waals surface area contributed by atoms with Crippen LogP contribution in [0.1, 0.15) is 18.5 Å². The van der Waals surface area contributed by atoms with E-state index in [0.29, 0.717) is 25.2 Å². The fraction of sp³-hybridized carbons (Fsp3) is 0.400. The summed E-state index contributed by atoms with van der Waals surface area (Å²) < 4.78 is 5.02. The molecule has 0 aliphatic carbocycles. The minimum atomic E-state index is -0.826. The third-order valence-electron chi connectivity index (χ3n) is 3.78. The molecule has 3 heterocycles. The van der Waals surface area contributed by atoms with Gasteiger partial charge in [0.25, 0.3) is 0 Å². The van der Waals surface area contributed by atoms with Crippen LogP contribution < -0.4 is 0 Å². The number of thiazole rings is 1. The zero-order valence-electron chi connectivity index (χ0n) is 11.9. The first-order chi connectivity index (χ1) is 10.6. The maximum absolute atomic E-state index is 12.3. The van der Waals surface area contributed by atoms with Crippen LogP contribution in [-0.4, -0.2) is 40.0 Å². The molecule has 1 saturated heterocycles. The van der Waals surface area contributed by atoms with Gasteiger partial charge in [0.15, 0.2) is 0 Å². The second-order valence-corrected chi connectivity index (χ2v) is 6.21. The lowest BCUT2D eigenvalue weighted by molar-refractivity contribution is -0.145. The smallest absolute Gasteiger partial charge is 0.308 e. The minimum absolute atomic E-state index is 0.0602. The molecule has 6 nitrogen and oxygen atoms in total. The monoisotopic (exact) mass is 320 g/mol. The van der Waals surface area contributed by atoms with Crippen LogP contribution in [0.5, 0.6) is 0 Å². The number of hydrogen-bond acceptors (Lipinski definition) is 5. The summed E-state index contributed by atoms with van der Waals surface area (Å²) in [4.78, 5) is 29.4. The first-order valence-corrected chi connectivity index (χ1v) is 7.99. The number of carbonyl (C=O) groups is 2. The Hall–Kier alpha value is -2.15. The number of furan rings is 1. The molecule has 1 atom stereocenters. The van der Waals surface area contributed by atoms with Gasteiger partial charge in [-0.1, -0.05) is 0 Å². The molecule has 22 heavy (non-hydrogen) atoms. The van der Waals surface area contributed by atoms with Crippen molar-refractivity contribution in [2.75, 3.05) is 13.1 Å². The van der Waals surface area contributed by atoms with Crippen LogP contribution in [0.3, 0.4) is 0 Å². The van der Waals surface area contributed by atoms with Crippen molar-refractivity contribution >= 4 is 23.2 Å². The van der Waals surface area contributed by atoms with Crippen molar-refractivity contribution < 1.29 is 19.1 Å². The van der Waals surface area contributed by atoms with E-state index in [9.17, 15) is 9.59 Å². The van der Waals surface area contributed by atoms with E-state index >= 15 is 0 Å². The fourth-order valence-corrected chi connectivity index (χ4v) is 3.38. The Kier molecular flexibility index (Phi) is 4.24. The van der Waals surface area contributed by atoms with Gasteiger partial charge in [-0.15, -0.1) is 11.3 Å². The zero-order chi connectivity index (χ0) is 15.5. The van der Waals surface area contributed by atoms with E-state index in [4.69, 9.17) is 9.52 Å². The minimum Gasteiger partial charge on any atom is -0.481 e. The Morgan fingerprint density at radius 3 is 3.09 bits per heavy atom. The molecule has 0 unspecified atom stereocenters. The average Bonchev–Trinajstić information content (AvgIpc) is 3.18. The van der Waals surface area contributed by atoms with E-state index in [1.165, 1.54) is 11.3 Å². The second kappa shape index (κ2) is 6.31. The summed E-state index contributed by atoms with van der Waals surface area (Å²) in [5, 5.41) is 11.8. The standard InChI is InChI=1S/C15H16N2O4S/c18-13(17-4-1-2-10(7-17)15(19)20)6-12-9-22-14(16-12)11-3-5-21-8-11/h3,5,8-10H,1-2,4,6-7H2,(H,19,20)/t10-/m0/s1. The molecule has 3 rings (SSSR count). The molecule has 0 bridgehead atoms. The Bertz CT molecular complexity index is 665. The molecule has 0 aromatic carbocycles. The van der Waals surface area contributed by atoms with E-state index in [-0.39, 0.29) is 12.3 Å². The predicted octanol–water partition coefficient (Wildman–Crippen LogP) is 2.27. The number of hydrogen-bond donors (Lipinski definition) is 1. The Morgan fingerprint density at radius 2 is 2.36 bits per heavy atom. The van der Waals surface area contributed by atoms with E-state index in [0.717, 1.165) is 17.0 Å². The number of nitrogens with zero attached hydrogens (tertiary/aromatic N) is 2. The van der Waals surface area contributed by atoms with Gasteiger partial charge in [0, 0.05) is 24.0 Å². The molecule has 1 aliphatic rings. The predicted molar refractivity (Wildman–Crippen MR) is 80.5 cm³/mol. The number of aromatic nitrogens is 1. The molecule has 0 spiro atoms. The quantitative estimate of drug-likeness (QED) is 0.934. The molecule has 0 radical (unpaired) electrons. The molecule has 7 heteroatoms. The van der Waals surface area contributed by atoms with Gasteiger partial charge in [0.2, 0.25) is 5.91 Å². The first kappa shape index (κ1) is 14.8. The van der Waals surface area contributed by atoms with Gasteiger partial charge in [-0.3, -0.25) is 9.59 Å². The number of aliphatic carboxylic acids is 1. The molecule has 2 aromatic rings. The van der Waals surface area contributed by atoms with Gasteiger partial charge in [-0.25, -0.2) is 4.98 Å². The average molecular weight is 320 g/mol. The third kappa shape index (κ3) is 3.19. The molecule has 1 N–H and O–H groups in total. The summed E-state index contributed by atoms with van der Waals surface area (Å²) in [6, 6.07) is 1.83. The van der Waals surface area contributed by atoms with Crippen LogP contribution in [0.25, 0.3) is 10.6 Å². The van der Waals surface area contributed by atoms with Crippen molar-refractivity contribution in [1.29, 1.82) is 0 Å². The fourth-order valence-electron chi connectivity index (χ4n) is 2.58. The normalized spacial score (nSPS) is 18.4. The Labute approximate surface area is 131 Å². The van der Waals surface area contributed by atoms with Crippen molar-refractivity contribution in [2.24, 2.45) is 5.92 Å². The summed E-state index contributed by atoms with van der Waals surface area (Å²) in [7, 11) is 0. The van der Waals surface area contributed by atoms with Crippen LogP contribution in [0.15, 0.2) is 28.4 Å². The number of rotatable bonds is 4. The second-order valence-electron chi connectivity index (χ2n) is 5.35. The maximum Gasteiger partial charge on any atom is 0.308 e. The number of amides is 1. The van der Waals surface area contributed by atoms with Gasteiger partial charge in [-0.2, -0.15) is 0 Å². The van der Waals surface area contributed by atoms with Crippen molar-refractivity contribution in [2.45, 2.75) is 19.3 Å². The first-order valence-electron chi connectivity index (χ1n) is 7.11. The number of piperidine rings is 1. The molecule has 1 fully saturated rings. The largest absolute Gasteiger partial charge is 0.481 e. The Morgan fingerprint density at radius 1 is 1.50 bits per heavy atom. The number of carboxylic acids is 1. The molecule has 1 aliphatic heterocycles. The topological polar surface area (TPSA) is 83.6 Å². The number of carboxylic acid groups (broad SMARTS) is 1.